The molecule has 0 spiro atoms. The van der Waals surface area contributed by atoms with E-state index in [1.165, 1.54) is 6.92 Å². The first-order chi connectivity index (χ1) is 12.4. The monoisotopic (exact) mass is 457 g/mol. The van der Waals surface area contributed by atoms with E-state index < -0.39 is 52.9 Å². The van der Waals surface area contributed by atoms with E-state index in [1.807, 2.05) is 0 Å². The van der Waals surface area contributed by atoms with Gasteiger partial charge in [0.2, 0.25) is 0 Å². The number of hydrogen-bond donors (Lipinski definition) is 0. The van der Waals surface area contributed by atoms with Crippen LogP contribution in [0.2, 0.25) is 0 Å². The molecule has 0 N–H and O–H groups in total. The first kappa shape index (κ1) is 28.2. The van der Waals surface area contributed by atoms with Crippen LogP contribution in [-0.4, -0.2) is 39.5 Å². The van der Waals surface area contributed by atoms with Gasteiger partial charge in [0, 0.05) is 12.6 Å². The molecule has 29 heavy (non-hydrogen) atoms. The summed E-state index contributed by atoms with van der Waals surface area (Å²) in [7, 11) is -8.57. The Balaban J connectivity index is 0.00000392. The van der Waals surface area contributed by atoms with Crippen LogP contribution in [0.1, 0.15) is 26.3 Å². The first-order valence-electron chi connectivity index (χ1n) is 7.27. The van der Waals surface area contributed by atoms with Crippen LogP contribution in [0.15, 0.2) is 52.3 Å². The number of rotatable bonds is 6. The van der Waals surface area contributed by atoms with Gasteiger partial charge in [0.15, 0.2) is 0 Å². The van der Waals surface area contributed by atoms with Gasteiger partial charge in [-0.3, -0.25) is 0 Å². The number of benzene rings is 2. The van der Waals surface area contributed by atoms with Crippen molar-refractivity contribution in [3.8, 4) is 0 Å². The molecular weight excluding hydrogens is 444 g/mol. The number of sulfonamides is 2. The third-order valence-corrected chi connectivity index (χ3v) is 8.21. The van der Waals surface area contributed by atoms with Crippen molar-refractivity contribution in [2.45, 2.75) is 16.7 Å². The van der Waals surface area contributed by atoms with Crippen molar-refractivity contribution < 1.29 is 95.8 Å². The minimum absolute atomic E-state index is 0. The molecule has 0 aliphatic carbocycles. The summed E-state index contributed by atoms with van der Waals surface area (Å²) in [5.41, 5.74) is -1.04. The van der Waals surface area contributed by atoms with E-state index in [2.05, 4.69) is 0 Å². The molecule has 0 radical (unpaired) electrons. The molecule has 0 aliphatic rings. The van der Waals surface area contributed by atoms with Crippen LogP contribution >= 0.6 is 0 Å². The van der Waals surface area contributed by atoms with Gasteiger partial charge in [-0.1, -0.05) is 28.0 Å². The van der Waals surface area contributed by atoms with E-state index in [0.29, 0.717) is 0 Å². The maximum Gasteiger partial charge on any atom is 1.00 e. The average molecular weight is 457 g/mol. The van der Waals surface area contributed by atoms with E-state index in [9.17, 15) is 36.6 Å². The predicted octanol–water partition coefficient (Wildman–Crippen LogP) is -7.26. The van der Waals surface area contributed by atoms with E-state index in [0.717, 1.165) is 49.5 Å². The summed E-state index contributed by atoms with van der Waals surface area (Å²) in [5, 5.41) is 22.0. The summed E-state index contributed by atoms with van der Waals surface area (Å²) in [6, 6.07) is 7.33. The molecule has 2 aromatic rings. The zero-order valence-electron chi connectivity index (χ0n) is 16.1. The maximum absolute atomic E-state index is 12.8. The van der Waals surface area contributed by atoms with Gasteiger partial charge in [-0.25, -0.2) is 16.8 Å². The molecule has 9 nitrogen and oxygen atoms in total. The fraction of sp³-hybridized carbons (Fsp3) is 0.125. The normalized spacial score (nSPS) is 11.3. The minimum atomic E-state index is -4.67. The number of carboxylic acids is 2. The van der Waals surface area contributed by atoms with Gasteiger partial charge >= 0.3 is 59.1 Å². The third kappa shape index (κ3) is 5.69. The van der Waals surface area contributed by atoms with Gasteiger partial charge < -0.3 is 19.8 Å². The van der Waals surface area contributed by atoms with Crippen LogP contribution < -0.4 is 69.3 Å². The van der Waals surface area contributed by atoms with Crippen molar-refractivity contribution in [1.82, 2.24) is 3.71 Å². The molecule has 0 aromatic heterocycles. The topological polar surface area (TPSA) is 152 Å². The number of carbonyl (C=O) groups excluding carboxylic acids is 2. The molecule has 2 aromatic carbocycles. The van der Waals surface area contributed by atoms with Crippen LogP contribution in [0.3, 0.4) is 0 Å². The Labute approximate surface area is 212 Å². The van der Waals surface area contributed by atoms with Crippen molar-refractivity contribution >= 4 is 32.0 Å². The van der Waals surface area contributed by atoms with Crippen LogP contribution in [0, 0.1) is 6.92 Å². The summed E-state index contributed by atoms with van der Waals surface area (Å²) in [4.78, 5) is 20.9. The molecule has 0 fully saturated rings. The van der Waals surface area contributed by atoms with Gasteiger partial charge in [-0.2, -0.15) is 0 Å². The predicted molar refractivity (Wildman–Crippen MR) is 88.4 cm³/mol. The summed E-state index contributed by atoms with van der Waals surface area (Å²) in [5.74, 6) is -3.24. The molecule has 13 heteroatoms. The second-order valence-corrected chi connectivity index (χ2v) is 9.56. The van der Waals surface area contributed by atoms with Crippen LogP contribution in [0.5, 0.6) is 0 Å². The summed E-state index contributed by atoms with van der Waals surface area (Å²) in [6.07, 6.45) is 0. The Kier molecular flexibility index (Phi) is 10.2. The molecule has 144 valence electrons. The SMILES string of the molecule is Cc1c(C(=O)[O-])cccc1S(=O)(=O)N(C)S(=O)(=O)c1cccc(C(=O)[O-])c1.[Na+].[Na+]. The zero-order valence-corrected chi connectivity index (χ0v) is 21.7. The molecule has 0 heterocycles. The van der Waals surface area contributed by atoms with E-state index in [4.69, 9.17) is 0 Å². The number of carboxylic acid groups (broad SMARTS) is 2. The van der Waals surface area contributed by atoms with Crippen LogP contribution in [-0.2, 0) is 20.0 Å². The summed E-state index contributed by atoms with van der Waals surface area (Å²) >= 11 is 0. The molecule has 0 unspecified atom stereocenters. The van der Waals surface area contributed by atoms with E-state index in [1.54, 1.807) is 0 Å². The summed E-state index contributed by atoms with van der Waals surface area (Å²) in [6.45, 7) is 1.20. The Morgan fingerprint density at radius 2 is 1.41 bits per heavy atom. The third-order valence-electron chi connectivity index (χ3n) is 3.83. The standard InChI is InChI=1S/C16H15NO8S2.2Na/c1-10-13(16(20)21)7-4-8-14(10)27(24,25)17(2)26(22,23)12-6-3-5-11(9-12)15(18)19;;/h3-9H,1-2H3,(H,18,19)(H,20,21);;/q;2*+1/p-2. The Bertz CT molecular complexity index is 1150. The van der Waals surface area contributed by atoms with Gasteiger partial charge in [0.1, 0.15) is 0 Å². The van der Waals surface area contributed by atoms with Crippen LogP contribution in [0.4, 0.5) is 0 Å². The quantitative estimate of drug-likeness (QED) is 0.388. The molecule has 0 aliphatic heterocycles. The Morgan fingerprint density at radius 3 is 1.93 bits per heavy atom. The van der Waals surface area contributed by atoms with E-state index in [-0.39, 0.29) is 68.4 Å². The fourth-order valence-corrected chi connectivity index (χ4v) is 5.69. The second-order valence-electron chi connectivity index (χ2n) is 5.42. The van der Waals surface area contributed by atoms with Crippen LogP contribution in [0.25, 0.3) is 0 Å². The molecule has 0 bridgehead atoms. The van der Waals surface area contributed by atoms with E-state index >= 15 is 0 Å². The van der Waals surface area contributed by atoms with Gasteiger partial charge in [-0.05, 0) is 36.2 Å². The smallest absolute Gasteiger partial charge is 0.545 e. The van der Waals surface area contributed by atoms with Gasteiger partial charge in [-0.15, -0.1) is 0 Å². The van der Waals surface area contributed by atoms with Crippen molar-refractivity contribution in [3.63, 3.8) is 0 Å². The molecule has 0 amide bonds. The number of carbonyl (C=O) groups is 2. The van der Waals surface area contributed by atoms with Crippen molar-refractivity contribution in [2.75, 3.05) is 7.05 Å². The number of nitrogens with zero attached hydrogens (tertiary/aromatic N) is 1. The largest absolute Gasteiger partial charge is 1.00 e. The fourth-order valence-electron chi connectivity index (χ4n) is 2.31. The summed E-state index contributed by atoms with van der Waals surface area (Å²) < 4.78 is 50.9. The molecule has 0 saturated heterocycles. The maximum atomic E-state index is 12.8. The van der Waals surface area contributed by atoms with Gasteiger partial charge in [0.05, 0.1) is 21.7 Å². The van der Waals surface area contributed by atoms with Gasteiger partial charge in [0.25, 0.3) is 20.0 Å². The molecular formula is C16H13NNa2O8S2. The molecule has 0 atom stereocenters. The molecule has 2 rings (SSSR count). The zero-order chi connectivity index (χ0) is 20.6. The molecule has 0 saturated carbocycles. The average Bonchev–Trinajstić information content (AvgIpc) is 2.60. The number of aromatic carboxylic acids is 2. The second kappa shape index (κ2) is 10.5. The first-order valence-corrected chi connectivity index (χ1v) is 10.1. The minimum Gasteiger partial charge on any atom is -0.545 e. The van der Waals surface area contributed by atoms with Crippen molar-refractivity contribution in [2.24, 2.45) is 0 Å². The Hall–Kier alpha value is -0.760. The Morgan fingerprint density at radius 1 is 0.862 bits per heavy atom. The van der Waals surface area contributed by atoms with Crippen molar-refractivity contribution in [3.05, 3.63) is 59.2 Å². The number of hydrogen-bond acceptors (Lipinski definition) is 8. The van der Waals surface area contributed by atoms with Crippen molar-refractivity contribution in [1.29, 1.82) is 0 Å².